The van der Waals surface area contributed by atoms with Gasteiger partial charge in [0.25, 0.3) is 0 Å². The number of halogens is 2. The number of rotatable bonds is 5. The van der Waals surface area contributed by atoms with Crippen molar-refractivity contribution in [1.82, 2.24) is 4.98 Å². The summed E-state index contributed by atoms with van der Waals surface area (Å²) in [6, 6.07) is 11.1. The van der Waals surface area contributed by atoms with E-state index in [-0.39, 0.29) is 12.5 Å². The Labute approximate surface area is 172 Å². The Bertz CT molecular complexity index is 968. The van der Waals surface area contributed by atoms with E-state index in [9.17, 15) is 4.79 Å². The van der Waals surface area contributed by atoms with Crippen molar-refractivity contribution >= 4 is 51.3 Å². The fourth-order valence-corrected chi connectivity index (χ4v) is 3.99. The minimum absolute atomic E-state index is 0.0975. The summed E-state index contributed by atoms with van der Waals surface area (Å²) in [5.74, 6) is 0.327. The number of hydrogen-bond acceptors (Lipinski definition) is 4. The van der Waals surface area contributed by atoms with Crippen molar-refractivity contribution in [2.24, 2.45) is 0 Å². The van der Waals surface area contributed by atoms with Crippen molar-refractivity contribution in [3.63, 3.8) is 0 Å². The zero-order valence-electron chi connectivity index (χ0n) is 15.1. The fourth-order valence-electron chi connectivity index (χ4n) is 2.62. The van der Waals surface area contributed by atoms with E-state index in [1.54, 1.807) is 23.1 Å². The molecule has 1 aromatic heterocycles. The highest BCUT2D eigenvalue weighted by molar-refractivity contribution is 7.14. The van der Waals surface area contributed by atoms with Gasteiger partial charge in [0.05, 0.1) is 21.4 Å². The van der Waals surface area contributed by atoms with Gasteiger partial charge in [0.1, 0.15) is 6.61 Å². The van der Waals surface area contributed by atoms with Gasteiger partial charge in [-0.05, 0) is 43.2 Å². The molecule has 0 spiro atoms. The van der Waals surface area contributed by atoms with Gasteiger partial charge in [0.15, 0.2) is 10.9 Å². The number of carbonyl (C=O) groups excluding carboxylic acids is 1. The van der Waals surface area contributed by atoms with Crippen LogP contribution in [-0.2, 0) is 11.4 Å². The first-order chi connectivity index (χ1) is 12.9. The Hall–Kier alpha value is -2.08. The molecule has 0 saturated heterocycles. The van der Waals surface area contributed by atoms with Gasteiger partial charge in [0.2, 0.25) is 5.91 Å². The monoisotopic (exact) mass is 420 g/mol. The summed E-state index contributed by atoms with van der Waals surface area (Å²) in [4.78, 5) is 18.5. The van der Waals surface area contributed by atoms with E-state index in [1.165, 1.54) is 18.3 Å². The van der Waals surface area contributed by atoms with Gasteiger partial charge in [-0.15, -0.1) is 11.3 Å². The molecule has 27 heavy (non-hydrogen) atoms. The number of carbonyl (C=O) groups is 1. The summed E-state index contributed by atoms with van der Waals surface area (Å²) < 4.78 is 5.73. The van der Waals surface area contributed by atoms with E-state index in [0.717, 1.165) is 16.8 Å². The molecule has 140 valence electrons. The Morgan fingerprint density at radius 3 is 2.48 bits per heavy atom. The van der Waals surface area contributed by atoms with Crippen LogP contribution in [0.5, 0.6) is 5.75 Å². The summed E-state index contributed by atoms with van der Waals surface area (Å²) in [6.07, 6.45) is 0. The van der Waals surface area contributed by atoms with Crippen LogP contribution >= 0.6 is 34.5 Å². The van der Waals surface area contributed by atoms with E-state index in [0.29, 0.717) is 26.6 Å². The normalized spacial score (nSPS) is 10.7. The van der Waals surface area contributed by atoms with Crippen LogP contribution < -0.4 is 9.64 Å². The van der Waals surface area contributed by atoms with E-state index in [2.05, 4.69) is 4.98 Å². The second-order valence-electron chi connectivity index (χ2n) is 6.03. The number of aromatic nitrogens is 1. The molecule has 0 atom stereocenters. The Kier molecular flexibility index (Phi) is 6.05. The number of thiazole rings is 1. The summed E-state index contributed by atoms with van der Waals surface area (Å²) in [5, 5.41) is 3.35. The summed E-state index contributed by atoms with van der Waals surface area (Å²) in [5.41, 5.74) is 3.69. The van der Waals surface area contributed by atoms with Gasteiger partial charge >= 0.3 is 0 Å². The molecule has 2 aromatic carbocycles. The van der Waals surface area contributed by atoms with E-state index in [4.69, 9.17) is 27.9 Å². The molecular weight excluding hydrogens is 403 g/mol. The van der Waals surface area contributed by atoms with Crippen LogP contribution in [-0.4, -0.2) is 10.9 Å². The van der Waals surface area contributed by atoms with Crippen LogP contribution in [0.3, 0.4) is 0 Å². The molecule has 0 unspecified atom stereocenters. The largest absolute Gasteiger partial charge is 0.484 e. The molecule has 3 aromatic rings. The van der Waals surface area contributed by atoms with Crippen molar-refractivity contribution in [3.05, 3.63) is 68.6 Å². The van der Waals surface area contributed by atoms with E-state index < -0.39 is 0 Å². The highest BCUT2D eigenvalue weighted by Crippen LogP contribution is 2.35. The second kappa shape index (κ2) is 8.30. The lowest BCUT2D eigenvalue weighted by Gasteiger charge is -2.21. The molecule has 0 N–H and O–H groups in total. The predicted molar refractivity (Wildman–Crippen MR) is 112 cm³/mol. The number of para-hydroxylation sites is 1. The molecule has 0 fully saturated rings. The maximum atomic E-state index is 12.3. The van der Waals surface area contributed by atoms with Crippen LogP contribution in [0, 0.1) is 13.8 Å². The topological polar surface area (TPSA) is 42.4 Å². The molecule has 1 amide bonds. The smallest absolute Gasteiger partial charge is 0.230 e. The third-order valence-corrected chi connectivity index (χ3v) is 5.62. The number of ether oxygens (including phenoxy) is 1. The van der Waals surface area contributed by atoms with E-state index in [1.807, 2.05) is 37.4 Å². The molecule has 1 heterocycles. The number of benzene rings is 2. The van der Waals surface area contributed by atoms with Crippen LogP contribution in [0.1, 0.15) is 23.7 Å². The van der Waals surface area contributed by atoms with Crippen molar-refractivity contribution in [1.29, 1.82) is 0 Å². The zero-order valence-corrected chi connectivity index (χ0v) is 17.5. The van der Waals surface area contributed by atoms with Crippen molar-refractivity contribution < 1.29 is 9.53 Å². The molecule has 0 aliphatic heterocycles. The van der Waals surface area contributed by atoms with Crippen LogP contribution in [0.25, 0.3) is 0 Å². The summed E-state index contributed by atoms with van der Waals surface area (Å²) in [7, 11) is 0. The first kappa shape index (κ1) is 19.7. The molecular formula is C20H18Cl2N2O2S. The summed E-state index contributed by atoms with van der Waals surface area (Å²) >= 11 is 13.6. The third kappa shape index (κ3) is 4.26. The molecule has 0 aliphatic rings. The minimum Gasteiger partial charge on any atom is -0.484 e. The SMILES string of the molecule is CC(=O)N(c1nc(COc2c(Cl)cccc2Cl)cs1)c1cccc(C)c1C. The Morgan fingerprint density at radius 2 is 1.81 bits per heavy atom. The molecule has 3 rings (SSSR count). The predicted octanol–water partition coefficient (Wildman–Crippen LogP) is 6.33. The van der Waals surface area contributed by atoms with Crippen molar-refractivity contribution in [2.75, 3.05) is 4.90 Å². The first-order valence-electron chi connectivity index (χ1n) is 8.26. The quantitative estimate of drug-likeness (QED) is 0.484. The fraction of sp³-hybridized carbons (Fsp3) is 0.200. The molecule has 7 heteroatoms. The number of hydrogen-bond donors (Lipinski definition) is 0. The van der Waals surface area contributed by atoms with Crippen LogP contribution in [0.2, 0.25) is 10.0 Å². The van der Waals surface area contributed by atoms with Gasteiger partial charge in [0, 0.05) is 12.3 Å². The average molecular weight is 421 g/mol. The third-order valence-electron chi connectivity index (χ3n) is 4.15. The van der Waals surface area contributed by atoms with Gasteiger partial charge in [-0.25, -0.2) is 4.98 Å². The van der Waals surface area contributed by atoms with Gasteiger partial charge < -0.3 is 4.74 Å². The number of amides is 1. The molecule has 0 saturated carbocycles. The van der Waals surface area contributed by atoms with Crippen molar-refractivity contribution in [2.45, 2.75) is 27.4 Å². The molecule has 0 radical (unpaired) electrons. The standard InChI is InChI=1S/C20H18Cl2N2O2S/c1-12-6-4-9-18(13(12)2)24(14(3)25)20-23-15(11-27-20)10-26-19-16(21)7-5-8-17(19)22/h4-9,11H,10H2,1-3H3. The van der Waals surface area contributed by atoms with Crippen LogP contribution in [0.4, 0.5) is 10.8 Å². The lowest BCUT2D eigenvalue weighted by molar-refractivity contribution is -0.115. The van der Waals surface area contributed by atoms with Gasteiger partial charge in [-0.2, -0.15) is 0 Å². The van der Waals surface area contributed by atoms with E-state index >= 15 is 0 Å². The zero-order chi connectivity index (χ0) is 19.6. The number of nitrogens with zero attached hydrogens (tertiary/aromatic N) is 2. The highest BCUT2D eigenvalue weighted by atomic mass is 35.5. The first-order valence-corrected chi connectivity index (χ1v) is 9.90. The molecule has 0 aliphatic carbocycles. The average Bonchev–Trinajstić information content (AvgIpc) is 3.06. The highest BCUT2D eigenvalue weighted by Gasteiger charge is 2.20. The molecule has 4 nitrogen and oxygen atoms in total. The number of aryl methyl sites for hydroxylation is 1. The van der Waals surface area contributed by atoms with Crippen molar-refractivity contribution in [3.8, 4) is 5.75 Å². The Balaban J connectivity index is 1.85. The Morgan fingerprint density at radius 1 is 1.15 bits per heavy atom. The summed E-state index contributed by atoms with van der Waals surface area (Å²) in [6.45, 7) is 5.75. The number of anilines is 2. The molecule has 0 bridgehead atoms. The van der Waals surface area contributed by atoms with Crippen LogP contribution in [0.15, 0.2) is 41.8 Å². The minimum atomic E-state index is -0.0975. The lowest BCUT2D eigenvalue weighted by atomic mass is 10.1. The van der Waals surface area contributed by atoms with Gasteiger partial charge in [-0.1, -0.05) is 41.4 Å². The second-order valence-corrected chi connectivity index (χ2v) is 7.69. The maximum Gasteiger partial charge on any atom is 0.230 e. The lowest BCUT2D eigenvalue weighted by Crippen LogP contribution is -2.23. The maximum absolute atomic E-state index is 12.3. The van der Waals surface area contributed by atoms with Gasteiger partial charge in [-0.3, -0.25) is 9.69 Å².